The lowest BCUT2D eigenvalue weighted by Gasteiger charge is -2.34. The Morgan fingerprint density at radius 3 is 2.42 bits per heavy atom. The zero-order valence-electron chi connectivity index (χ0n) is 14.5. The lowest BCUT2D eigenvalue weighted by atomic mass is 9.87. The first kappa shape index (κ1) is 16.7. The molecule has 0 atom stereocenters. The SMILES string of the molecule is Cc1ccc2c(c1)C(=O)N(CC(=O)N(C)C1CCC(C)CC1)C2=O. The van der Waals surface area contributed by atoms with E-state index in [1.807, 2.05) is 13.0 Å². The molecule has 0 aromatic heterocycles. The van der Waals surface area contributed by atoms with Gasteiger partial charge in [-0.15, -0.1) is 0 Å². The van der Waals surface area contributed by atoms with E-state index in [-0.39, 0.29) is 30.3 Å². The van der Waals surface area contributed by atoms with Crippen molar-refractivity contribution in [1.29, 1.82) is 0 Å². The number of imide groups is 1. The third-order valence-electron chi connectivity index (χ3n) is 5.35. The zero-order valence-corrected chi connectivity index (χ0v) is 14.5. The highest BCUT2D eigenvalue weighted by Gasteiger charge is 2.37. The molecule has 5 heteroatoms. The van der Waals surface area contributed by atoms with Crippen molar-refractivity contribution in [1.82, 2.24) is 9.80 Å². The maximum atomic E-state index is 12.6. The van der Waals surface area contributed by atoms with Crippen LogP contribution in [0.5, 0.6) is 0 Å². The molecule has 0 N–H and O–H groups in total. The molecule has 1 saturated carbocycles. The molecule has 5 nitrogen and oxygen atoms in total. The summed E-state index contributed by atoms with van der Waals surface area (Å²) >= 11 is 0. The Labute approximate surface area is 142 Å². The lowest BCUT2D eigenvalue weighted by Crippen LogP contribution is -2.46. The van der Waals surface area contributed by atoms with Crippen molar-refractivity contribution in [2.75, 3.05) is 13.6 Å². The van der Waals surface area contributed by atoms with Gasteiger partial charge in [0.05, 0.1) is 11.1 Å². The first-order valence-corrected chi connectivity index (χ1v) is 8.61. The topological polar surface area (TPSA) is 57.7 Å². The third kappa shape index (κ3) is 2.95. The maximum Gasteiger partial charge on any atom is 0.262 e. The van der Waals surface area contributed by atoms with Crippen LogP contribution in [0.25, 0.3) is 0 Å². The Hall–Kier alpha value is -2.17. The van der Waals surface area contributed by atoms with Crippen LogP contribution in [0.15, 0.2) is 18.2 Å². The molecule has 3 amide bonds. The van der Waals surface area contributed by atoms with Crippen molar-refractivity contribution in [3.63, 3.8) is 0 Å². The number of carbonyl (C=O) groups is 3. The van der Waals surface area contributed by atoms with Crippen molar-refractivity contribution in [3.05, 3.63) is 34.9 Å². The molecule has 0 saturated heterocycles. The van der Waals surface area contributed by atoms with Crippen molar-refractivity contribution in [2.45, 2.75) is 45.6 Å². The van der Waals surface area contributed by atoms with E-state index in [0.717, 1.165) is 36.1 Å². The summed E-state index contributed by atoms with van der Waals surface area (Å²) in [5.41, 5.74) is 1.73. The van der Waals surface area contributed by atoms with Crippen LogP contribution in [0.1, 0.15) is 58.9 Å². The second-order valence-electron chi connectivity index (χ2n) is 7.16. The predicted octanol–water partition coefficient (Wildman–Crippen LogP) is 2.63. The summed E-state index contributed by atoms with van der Waals surface area (Å²) in [6, 6.07) is 5.41. The van der Waals surface area contributed by atoms with E-state index >= 15 is 0 Å². The number of amides is 3. The molecule has 0 radical (unpaired) electrons. The lowest BCUT2D eigenvalue weighted by molar-refractivity contribution is -0.133. The minimum Gasteiger partial charge on any atom is -0.341 e. The minimum atomic E-state index is -0.367. The molecule has 0 unspecified atom stereocenters. The molecule has 1 aliphatic heterocycles. The van der Waals surface area contributed by atoms with E-state index in [2.05, 4.69) is 6.92 Å². The van der Waals surface area contributed by atoms with Crippen LogP contribution in [0.2, 0.25) is 0 Å². The van der Waals surface area contributed by atoms with Crippen LogP contribution in [0.3, 0.4) is 0 Å². The van der Waals surface area contributed by atoms with Crippen molar-refractivity contribution in [3.8, 4) is 0 Å². The summed E-state index contributed by atoms with van der Waals surface area (Å²) in [5.74, 6) is -0.184. The number of hydrogen-bond donors (Lipinski definition) is 0. The highest BCUT2D eigenvalue weighted by molar-refractivity contribution is 6.22. The summed E-state index contributed by atoms with van der Waals surface area (Å²) in [4.78, 5) is 40.3. The first-order chi connectivity index (χ1) is 11.4. The molecule has 2 aliphatic rings. The quantitative estimate of drug-likeness (QED) is 0.802. The molecule has 128 valence electrons. The zero-order chi connectivity index (χ0) is 17.4. The molecule has 1 aromatic rings. The van der Waals surface area contributed by atoms with Crippen molar-refractivity contribution < 1.29 is 14.4 Å². The molecule has 0 spiro atoms. The number of carbonyl (C=O) groups excluding carboxylic acids is 3. The fraction of sp³-hybridized carbons (Fsp3) is 0.526. The van der Waals surface area contributed by atoms with Gasteiger partial charge in [-0.25, -0.2) is 0 Å². The normalized spacial score (nSPS) is 23.4. The van der Waals surface area contributed by atoms with E-state index in [1.54, 1.807) is 24.1 Å². The fourth-order valence-corrected chi connectivity index (χ4v) is 3.63. The first-order valence-electron chi connectivity index (χ1n) is 8.61. The number of likely N-dealkylation sites (N-methyl/N-ethyl adjacent to an activating group) is 1. The number of hydrogen-bond acceptors (Lipinski definition) is 3. The largest absolute Gasteiger partial charge is 0.341 e. The van der Waals surface area contributed by atoms with Gasteiger partial charge in [0, 0.05) is 13.1 Å². The van der Waals surface area contributed by atoms with Gasteiger partial charge in [-0.05, 0) is 50.7 Å². The highest BCUT2D eigenvalue weighted by Crippen LogP contribution is 2.27. The Kier molecular flexibility index (Phi) is 4.43. The Morgan fingerprint density at radius 2 is 1.75 bits per heavy atom. The van der Waals surface area contributed by atoms with Gasteiger partial charge in [-0.3, -0.25) is 19.3 Å². The van der Waals surface area contributed by atoms with Crippen LogP contribution >= 0.6 is 0 Å². The fourth-order valence-electron chi connectivity index (χ4n) is 3.63. The van der Waals surface area contributed by atoms with E-state index in [1.165, 1.54) is 0 Å². The Morgan fingerprint density at radius 1 is 1.12 bits per heavy atom. The molecular formula is C19H24N2O3. The van der Waals surface area contributed by atoms with Gasteiger partial charge in [0.2, 0.25) is 5.91 Å². The number of benzene rings is 1. The number of fused-ring (bicyclic) bond motifs is 1. The standard InChI is InChI=1S/C19H24N2O3/c1-12-4-7-14(8-5-12)20(3)17(22)11-21-18(23)15-9-6-13(2)10-16(15)19(21)24/h6,9-10,12,14H,4-5,7-8,11H2,1-3H3. The predicted molar refractivity (Wildman–Crippen MR) is 90.7 cm³/mol. The maximum absolute atomic E-state index is 12.6. The summed E-state index contributed by atoms with van der Waals surface area (Å²) in [7, 11) is 1.78. The van der Waals surface area contributed by atoms with Crippen LogP contribution < -0.4 is 0 Å². The van der Waals surface area contributed by atoms with Crippen LogP contribution in [0, 0.1) is 12.8 Å². The molecule has 24 heavy (non-hydrogen) atoms. The van der Waals surface area contributed by atoms with Crippen LogP contribution in [-0.2, 0) is 4.79 Å². The molecule has 1 aromatic carbocycles. The van der Waals surface area contributed by atoms with Gasteiger partial charge < -0.3 is 4.90 Å². The van der Waals surface area contributed by atoms with Gasteiger partial charge in [-0.2, -0.15) is 0 Å². The average Bonchev–Trinajstić information content (AvgIpc) is 2.79. The van der Waals surface area contributed by atoms with Gasteiger partial charge in [0.15, 0.2) is 0 Å². The van der Waals surface area contributed by atoms with Gasteiger partial charge in [0.1, 0.15) is 6.54 Å². The van der Waals surface area contributed by atoms with Crippen molar-refractivity contribution >= 4 is 17.7 Å². The van der Waals surface area contributed by atoms with E-state index in [4.69, 9.17) is 0 Å². The van der Waals surface area contributed by atoms with E-state index in [9.17, 15) is 14.4 Å². The van der Waals surface area contributed by atoms with Gasteiger partial charge >= 0.3 is 0 Å². The van der Waals surface area contributed by atoms with E-state index < -0.39 is 0 Å². The third-order valence-corrected chi connectivity index (χ3v) is 5.35. The summed E-state index contributed by atoms with van der Waals surface area (Å²) in [5, 5.41) is 0. The molecule has 1 fully saturated rings. The van der Waals surface area contributed by atoms with Gasteiger partial charge in [0.25, 0.3) is 11.8 Å². The van der Waals surface area contributed by atoms with Crippen LogP contribution in [0.4, 0.5) is 0 Å². The summed E-state index contributed by atoms with van der Waals surface area (Å²) in [6.07, 6.45) is 4.22. The molecule has 0 bridgehead atoms. The second kappa shape index (κ2) is 6.38. The van der Waals surface area contributed by atoms with Gasteiger partial charge in [-0.1, -0.05) is 18.6 Å². The molecule has 3 rings (SSSR count). The minimum absolute atomic E-state index is 0.166. The van der Waals surface area contributed by atoms with Crippen LogP contribution in [-0.4, -0.2) is 47.2 Å². The molecule has 1 heterocycles. The number of aryl methyl sites for hydroxylation is 1. The van der Waals surface area contributed by atoms with Crippen molar-refractivity contribution in [2.24, 2.45) is 5.92 Å². The van der Waals surface area contributed by atoms with E-state index in [0.29, 0.717) is 17.0 Å². The monoisotopic (exact) mass is 328 g/mol. The second-order valence-corrected chi connectivity index (χ2v) is 7.16. The number of rotatable bonds is 3. The molecular weight excluding hydrogens is 304 g/mol. The highest BCUT2D eigenvalue weighted by atomic mass is 16.2. The number of nitrogens with zero attached hydrogens (tertiary/aromatic N) is 2. The Bertz CT molecular complexity index is 690. The summed E-state index contributed by atoms with van der Waals surface area (Å²) < 4.78 is 0. The Balaban J connectivity index is 1.69. The average molecular weight is 328 g/mol. The molecule has 1 aliphatic carbocycles. The summed E-state index contributed by atoms with van der Waals surface area (Å²) in [6.45, 7) is 3.94. The smallest absolute Gasteiger partial charge is 0.262 e.